The van der Waals surface area contributed by atoms with Crippen LogP contribution >= 0.6 is 0 Å². The van der Waals surface area contributed by atoms with Crippen LogP contribution in [-0.4, -0.2) is 105 Å². The van der Waals surface area contributed by atoms with E-state index in [0.717, 1.165) is 55.6 Å². The zero-order chi connectivity index (χ0) is 46.9. The van der Waals surface area contributed by atoms with Gasteiger partial charge in [-0.05, 0) is 105 Å². The van der Waals surface area contributed by atoms with Crippen molar-refractivity contribution in [1.82, 2.24) is 10.6 Å². The van der Waals surface area contributed by atoms with Crippen LogP contribution in [0.15, 0.2) is 57.2 Å². The summed E-state index contributed by atoms with van der Waals surface area (Å²) in [5.74, 6) is 1.08. The third kappa shape index (κ3) is 71.0. The molecule has 0 amide bonds. The predicted molar refractivity (Wildman–Crippen MR) is 238 cm³/mol. The van der Waals surface area contributed by atoms with Crippen LogP contribution in [0, 0.1) is 11.8 Å². The first-order chi connectivity index (χ1) is 27.4. The van der Waals surface area contributed by atoms with Crippen molar-refractivity contribution in [1.29, 1.82) is 0 Å². The second kappa shape index (κ2) is 48.8. The summed E-state index contributed by atoms with van der Waals surface area (Å²) in [7, 11) is 1.00. The van der Waals surface area contributed by atoms with Gasteiger partial charge in [0.25, 0.3) is 11.9 Å². The first-order valence-electron chi connectivity index (χ1n) is 19.8. The Bertz CT molecular complexity index is 1290. The summed E-state index contributed by atoms with van der Waals surface area (Å²) in [5.41, 5.74) is 3.26. The van der Waals surface area contributed by atoms with Gasteiger partial charge in [0.05, 0.1) is 31.0 Å². The molecule has 61 heavy (non-hydrogen) atoms. The number of aliphatic hydroxyl groups is 3. The summed E-state index contributed by atoms with van der Waals surface area (Å²) in [4.78, 5) is 68.0. The summed E-state index contributed by atoms with van der Waals surface area (Å²) >= 11 is 0. The zero-order valence-electron chi connectivity index (χ0n) is 38.9. The molecular weight excluding hydrogens is 872 g/mol. The van der Waals surface area contributed by atoms with Crippen LogP contribution in [-0.2, 0) is 62.9 Å². The van der Waals surface area contributed by atoms with Crippen molar-refractivity contribution in [3.05, 3.63) is 47.2 Å². The SMILES string of the molecule is C1CCC2CCCCC2C1.CC(=O)/C=C(/C)NCCN/C(C)=C\C(C)=O.CC(=O)CC(C)=O.CC(=O)O.CC(=O)O.CC(O)=CC(C)=NCCN=C(C)C=C(C)O.CO.[Fe].[Fe]. The average molecular weight is 951 g/mol. The summed E-state index contributed by atoms with van der Waals surface area (Å²) < 4.78 is 0. The molecule has 15 nitrogen and oxygen atoms in total. The number of Topliss-reactive ketones (excluding diaryl/α,β-unsaturated/α-hetero) is 2. The van der Waals surface area contributed by atoms with E-state index in [1.165, 1.54) is 53.4 Å². The van der Waals surface area contributed by atoms with Crippen LogP contribution in [0.25, 0.3) is 0 Å². The number of carbonyl (C=O) groups is 6. The number of nitrogens with one attached hydrogen (secondary N) is 2. The number of carboxylic acid groups (broad SMARTS) is 2. The largest absolute Gasteiger partial charge is 0.513 e. The smallest absolute Gasteiger partial charge is 0.300 e. The van der Waals surface area contributed by atoms with E-state index in [-0.39, 0.29) is 75.2 Å². The molecule has 2 aliphatic rings. The molecule has 0 aromatic rings. The molecule has 356 valence electrons. The summed E-state index contributed by atoms with van der Waals surface area (Å²) in [6.45, 7) is 21.1. The number of aliphatic hydroxyl groups excluding tert-OH is 3. The summed E-state index contributed by atoms with van der Waals surface area (Å²) in [5, 5.41) is 46.0. The number of ketones is 4. The minimum Gasteiger partial charge on any atom is -0.513 e. The molecular formula is C44H78Fe2N4O11. The van der Waals surface area contributed by atoms with Crippen molar-refractivity contribution in [2.24, 2.45) is 21.8 Å². The molecule has 2 saturated carbocycles. The molecule has 0 aromatic heterocycles. The molecule has 0 unspecified atom stereocenters. The maximum Gasteiger partial charge on any atom is 0.300 e. The summed E-state index contributed by atoms with van der Waals surface area (Å²) in [6, 6.07) is 0. The minimum atomic E-state index is -0.833. The molecule has 0 atom stereocenters. The van der Waals surface area contributed by atoms with Crippen LogP contribution in [0.4, 0.5) is 0 Å². The number of aliphatic carboxylic acids is 2. The molecule has 2 rings (SSSR count). The van der Waals surface area contributed by atoms with Gasteiger partial charge in [0.1, 0.15) is 11.6 Å². The Morgan fingerprint density at radius 1 is 0.492 bits per heavy atom. The van der Waals surface area contributed by atoms with Gasteiger partial charge < -0.3 is 36.2 Å². The van der Waals surface area contributed by atoms with Crippen molar-refractivity contribution in [2.45, 2.75) is 141 Å². The number of fused-ring (bicyclic) bond motifs is 1. The van der Waals surface area contributed by atoms with Gasteiger partial charge in [-0.2, -0.15) is 0 Å². The minimum absolute atomic E-state index is 0. The predicted octanol–water partition coefficient (Wildman–Crippen LogP) is 7.69. The van der Waals surface area contributed by atoms with Crippen molar-refractivity contribution >= 4 is 46.5 Å². The van der Waals surface area contributed by atoms with Gasteiger partial charge in [0.15, 0.2) is 11.6 Å². The van der Waals surface area contributed by atoms with E-state index in [1.54, 1.807) is 63.8 Å². The first-order valence-corrected chi connectivity index (χ1v) is 19.8. The van der Waals surface area contributed by atoms with Crippen LogP contribution < -0.4 is 10.6 Å². The second-order valence-electron chi connectivity index (χ2n) is 14.1. The Hall–Kier alpha value is -3.88. The Morgan fingerprint density at radius 3 is 0.918 bits per heavy atom. The van der Waals surface area contributed by atoms with Gasteiger partial charge in [-0.15, -0.1) is 0 Å². The van der Waals surface area contributed by atoms with E-state index in [0.29, 0.717) is 26.2 Å². The molecule has 2 fully saturated rings. The molecule has 17 heteroatoms. The van der Waals surface area contributed by atoms with Crippen LogP contribution in [0.1, 0.15) is 141 Å². The van der Waals surface area contributed by atoms with Crippen LogP contribution in [0.5, 0.6) is 0 Å². The number of carboxylic acids is 2. The van der Waals surface area contributed by atoms with Gasteiger partial charge in [-0.3, -0.25) is 38.8 Å². The molecule has 7 N–H and O–H groups in total. The standard InChI is InChI=1S/2C12H20N2O2.C10H18.C5H8O2.2C2H4O2.CH4O.2Fe/c2*1-9(7-11(3)15)13-5-6-14-10(2)8-12(4)16;1-2-6-10-8-4-3-7-9(10)5-1;1-4(6)3-5(2)7;2*1-2(3)4;1-2;;/h7-8,15-16H,5-6H2,1-4H3;7-8,13-14H,5-6H2,1-4H3;9-10H,1-8H2;3H2,1-2H3;2*1H3,(H,3,4);2H,1H3;;/b;9-7-,10-8-;;;;;;;. The molecule has 0 bridgehead atoms. The van der Waals surface area contributed by atoms with Gasteiger partial charge in [-0.1, -0.05) is 51.4 Å². The fourth-order valence-electron chi connectivity index (χ4n) is 5.59. The van der Waals surface area contributed by atoms with Crippen molar-refractivity contribution in [2.75, 3.05) is 33.3 Å². The fourth-order valence-corrected chi connectivity index (χ4v) is 5.59. The number of aliphatic imine (C=N–C) groups is 2. The molecule has 0 spiro atoms. The van der Waals surface area contributed by atoms with Gasteiger partial charge >= 0.3 is 0 Å². The second-order valence-corrected chi connectivity index (χ2v) is 14.1. The van der Waals surface area contributed by atoms with Crippen LogP contribution in [0.2, 0.25) is 0 Å². The molecule has 0 aliphatic heterocycles. The number of hydrogen-bond donors (Lipinski definition) is 7. The molecule has 0 saturated heterocycles. The van der Waals surface area contributed by atoms with E-state index in [2.05, 4.69) is 20.6 Å². The third-order valence-corrected chi connectivity index (χ3v) is 7.39. The van der Waals surface area contributed by atoms with Crippen molar-refractivity contribution < 1.29 is 88.4 Å². The Labute approximate surface area is 387 Å². The molecule has 0 aromatic carbocycles. The van der Waals surface area contributed by atoms with Crippen molar-refractivity contribution in [3.8, 4) is 0 Å². The van der Waals surface area contributed by atoms with Gasteiger partial charge in [-0.25, -0.2) is 0 Å². The average Bonchev–Trinajstić information content (AvgIpc) is 3.08. The van der Waals surface area contributed by atoms with E-state index in [9.17, 15) is 19.2 Å². The Balaban J connectivity index is -0.000000120. The number of hydrogen-bond acceptors (Lipinski definition) is 13. The number of rotatable bonds is 14. The number of carbonyl (C=O) groups excluding carboxylic acids is 4. The quantitative estimate of drug-likeness (QED) is 0.0221. The molecule has 0 heterocycles. The Morgan fingerprint density at radius 2 is 0.738 bits per heavy atom. The summed E-state index contributed by atoms with van der Waals surface area (Å²) in [6.07, 6.45) is 18.8. The molecule has 0 radical (unpaired) electrons. The maximum absolute atomic E-state index is 10.7. The maximum atomic E-state index is 10.7. The van der Waals surface area contributed by atoms with Gasteiger partial charge in [0, 0.05) is 91.0 Å². The van der Waals surface area contributed by atoms with E-state index >= 15 is 0 Å². The monoisotopic (exact) mass is 950 g/mol. The zero-order valence-corrected chi connectivity index (χ0v) is 41.2. The van der Waals surface area contributed by atoms with E-state index < -0.39 is 11.9 Å². The van der Waals surface area contributed by atoms with Gasteiger partial charge in [0.2, 0.25) is 0 Å². The van der Waals surface area contributed by atoms with E-state index in [1.807, 2.05) is 27.7 Å². The molecule has 2 aliphatic carbocycles. The fraction of sp³-hybridized carbons (Fsp3) is 0.636. The normalized spacial score (nSPS) is 15.8. The Kier molecular flexibility index (Phi) is 57.3. The van der Waals surface area contributed by atoms with E-state index in [4.69, 9.17) is 35.1 Å². The van der Waals surface area contributed by atoms with Crippen molar-refractivity contribution in [3.63, 3.8) is 0 Å². The first kappa shape index (κ1) is 71.6. The van der Waals surface area contributed by atoms with Crippen LogP contribution in [0.3, 0.4) is 0 Å². The number of allylic oxidation sites excluding steroid dienone is 8. The topological polar surface area (TPSA) is 252 Å². The third-order valence-electron chi connectivity index (χ3n) is 7.39. The number of nitrogens with zero attached hydrogens (tertiary/aromatic N) is 2.